The lowest BCUT2D eigenvalue weighted by molar-refractivity contribution is -0.384. The zero-order valence-corrected chi connectivity index (χ0v) is 17.4. The van der Waals surface area contributed by atoms with E-state index in [0.717, 1.165) is 0 Å². The van der Waals surface area contributed by atoms with Gasteiger partial charge in [-0.1, -0.05) is 0 Å². The Kier molecular flexibility index (Phi) is 14.4. The van der Waals surface area contributed by atoms with E-state index in [9.17, 15) is 19.7 Å². The van der Waals surface area contributed by atoms with Gasteiger partial charge in [0.05, 0.1) is 44.6 Å². The van der Waals surface area contributed by atoms with Gasteiger partial charge in [-0.2, -0.15) is 0 Å². The Bertz CT molecular complexity index is 650. The maximum atomic E-state index is 11.4. The number of ether oxygens (including phenoxy) is 5. The van der Waals surface area contributed by atoms with E-state index in [0.29, 0.717) is 58.2 Å². The second-order valence-corrected chi connectivity index (χ2v) is 6.26. The first-order valence-corrected chi connectivity index (χ1v) is 9.97. The van der Waals surface area contributed by atoms with Crippen molar-refractivity contribution in [3.8, 4) is 5.75 Å². The fourth-order valence-corrected chi connectivity index (χ4v) is 2.26. The Labute approximate surface area is 180 Å². The molecule has 1 rings (SSSR count). The summed E-state index contributed by atoms with van der Waals surface area (Å²) in [5.41, 5.74) is 0.00991. The van der Waals surface area contributed by atoms with Crippen molar-refractivity contribution < 1.29 is 43.3 Å². The number of benzene rings is 1. The zero-order valence-electron chi connectivity index (χ0n) is 17.4. The van der Waals surface area contributed by atoms with E-state index >= 15 is 0 Å². The van der Waals surface area contributed by atoms with Gasteiger partial charge >= 0.3 is 11.9 Å². The summed E-state index contributed by atoms with van der Waals surface area (Å²) >= 11 is 0. The van der Waals surface area contributed by atoms with Crippen LogP contribution in [-0.4, -0.2) is 74.8 Å². The third-order valence-corrected chi connectivity index (χ3v) is 3.80. The van der Waals surface area contributed by atoms with E-state index in [1.165, 1.54) is 24.3 Å². The molecule has 0 heterocycles. The molecule has 0 radical (unpaired) electrons. The standard InChI is InChI=1S/C20H29NO10/c22-19(23)3-1-2-4-20(24)31-16-14-29-12-10-27-9-11-28-13-15-30-18-7-5-17(6-8-18)21(25)26/h5-8H,1-4,9-16H2,(H,22,23). The quantitative estimate of drug-likeness (QED) is 0.146. The van der Waals surface area contributed by atoms with Gasteiger partial charge in [-0.05, 0) is 25.0 Å². The number of nitro groups is 1. The number of unbranched alkanes of at least 4 members (excludes halogenated alkanes) is 1. The number of carbonyl (C=O) groups is 2. The maximum absolute atomic E-state index is 11.4. The first kappa shape index (κ1) is 26.3. The monoisotopic (exact) mass is 443 g/mol. The number of carboxylic acids is 1. The van der Waals surface area contributed by atoms with Crippen LogP contribution >= 0.6 is 0 Å². The Morgan fingerprint density at radius 1 is 0.806 bits per heavy atom. The topological polar surface area (TPSA) is 144 Å². The van der Waals surface area contributed by atoms with Crippen LogP contribution in [0.15, 0.2) is 24.3 Å². The molecule has 0 aliphatic rings. The first-order valence-electron chi connectivity index (χ1n) is 9.97. The molecule has 174 valence electrons. The molecule has 11 heteroatoms. The van der Waals surface area contributed by atoms with Crippen molar-refractivity contribution in [1.82, 2.24) is 0 Å². The summed E-state index contributed by atoms with van der Waals surface area (Å²) in [6.45, 7) is 2.62. The summed E-state index contributed by atoms with van der Waals surface area (Å²) in [6.07, 6.45) is 1.20. The molecule has 0 saturated carbocycles. The maximum Gasteiger partial charge on any atom is 0.305 e. The van der Waals surface area contributed by atoms with Crippen molar-refractivity contribution >= 4 is 17.6 Å². The molecule has 0 saturated heterocycles. The number of hydrogen-bond donors (Lipinski definition) is 1. The third-order valence-electron chi connectivity index (χ3n) is 3.80. The average molecular weight is 443 g/mol. The molecular weight excluding hydrogens is 414 g/mol. The van der Waals surface area contributed by atoms with Crippen LogP contribution in [0, 0.1) is 10.1 Å². The lowest BCUT2D eigenvalue weighted by Gasteiger charge is -2.08. The van der Waals surface area contributed by atoms with Gasteiger partial charge in [0.15, 0.2) is 0 Å². The van der Waals surface area contributed by atoms with Gasteiger partial charge in [-0.15, -0.1) is 0 Å². The van der Waals surface area contributed by atoms with Crippen LogP contribution in [0.25, 0.3) is 0 Å². The number of nitro benzene ring substituents is 1. The van der Waals surface area contributed by atoms with Gasteiger partial charge in [0, 0.05) is 25.0 Å². The van der Waals surface area contributed by atoms with E-state index < -0.39 is 10.9 Å². The molecule has 1 aromatic rings. The number of hydrogen-bond acceptors (Lipinski definition) is 9. The summed E-state index contributed by atoms with van der Waals surface area (Å²) in [4.78, 5) is 31.8. The molecular formula is C20H29NO10. The molecule has 0 aliphatic heterocycles. The summed E-state index contributed by atoms with van der Waals surface area (Å²) in [5, 5.41) is 19.1. The van der Waals surface area contributed by atoms with E-state index in [1.54, 1.807) is 0 Å². The van der Waals surface area contributed by atoms with Gasteiger partial charge in [-0.25, -0.2) is 0 Å². The van der Waals surface area contributed by atoms with E-state index in [1.807, 2.05) is 0 Å². The summed E-state index contributed by atoms with van der Waals surface area (Å²) in [6, 6.07) is 5.82. The van der Waals surface area contributed by atoms with Crippen molar-refractivity contribution in [3.05, 3.63) is 34.4 Å². The van der Waals surface area contributed by atoms with E-state index in [4.69, 9.17) is 28.8 Å². The Balaban J connectivity index is 1.83. The fraction of sp³-hybridized carbons (Fsp3) is 0.600. The molecule has 1 N–H and O–H groups in total. The molecule has 0 aliphatic carbocycles. The number of esters is 1. The molecule has 0 unspecified atom stereocenters. The largest absolute Gasteiger partial charge is 0.491 e. The van der Waals surface area contributed by atoms with Crippen molar-refractivity contribution in [1.29, 1.82) is 0 Å². The minimum Gasteiger partial charge on any atom is -0.491 e. The molecule has 0 fully saturated rings. The van der Waals surface area contributed by atoms with Crippen LogP contribution in [0.1, 0.15) is 25.7 Å². The molecule has 1 aromatic carbocycles. The second-order valence-electron chi connectivity index (χ2n) is 6.26. The summed E-state index contributed by atoms with van der Waals surface area (Å²) in [5.74, 6) is -0.698. The third kappa shape index (κ3) is 14.8. The number of non-ortho nitro benzene ring substituents is 1. The molecule has 0 spiro atoms. The lowest BCUT2D eigenvalue weighted by atomic mass is 10.2. The van der Waals surface area contributed by atoms with Gasteiger partial charge in [0.2, 0.25) is 0 Å². The number of carbonyl (C=O) groups excluding carboxylic acids is 1. The number of rotatable bonds is 19. The van der Waals surface area contributed by atoms with Crippen molar-refractivity contribution in [2.24, 2.45) is 0 Å². The zero-order chi connectivity index (χ0) is 22.7. The summed E-state index contributed by atoms with van der Waals surface area (Å²) in [7, 11) is 0. The van der Waals surface area contributed by atoms with Crippen LogP contribution in [0.3, 0.4) is 0 Å². The van der Waals surface area contributed by atoms with Gasteiger partial charge in [0.25, 0.3) is 5.69 Å². The van der Waals surface area contributed by atoms with Crippen molar-refractivity contribution in [2.45, 2.75) is 25.7 Å². The minimum absolute atomic E-state index is 0.00991. The number of carboxylic acid groups (broad SMARTS) is 1. The van der Waals surface area contributed by atoms with Crippen LogP contribution < -0.4 is 4.74 Å². The molecule has 0 atom stereocenters. The SMILES string of the molecule is O=C(O)CCCCC(=O)OCCOCCOCCOCCOc1ccc([N+](=O)[O-])cc1. The van der Waals surface area contributed by atoms with Gasteiger partial charge in [0.1, 0.15) is 19.0 Å². The predicted octanol–water partition coefficient (Wildman–Crippen LogP) is 2.21. The van der Waals surface area contributed by atoms with E-state index in [-0.39, 0.29) is 37.7 Å². The van der Waals surface area contributed by atoms with Crippen LogP contribution in [0.2, 0.25) is 0 Å². The van der Waals surface area contributed by atoms with Crippen molar-refractivity contribution in [2.75, 3.05) is 52.9 Å². The number of aliphatic carboxylic acids is 1. The fourth-order valence-electron chi connectivity index (χ4n) is 2.26. The molecule has 0 aromatic heterocycles. The normalized spacial score (nSPS) is 10.6. The molecule has 31 heavy (non-hydrogen) atoms. The van der Waals surface area contributed by atoms with Crippen molar-refractivity contribution in [3.63, 3.8) is 0 Å². The highest BCUT2D eigenvalue weighted by molar-refractivity contribution is 5.69. The Morgan fingerprint density at radius 2 is 1.32 bits per heavy atom. The lowest BCUT2D eigenvalue weighted by Crippen LogP contribution is -2.14. The average Bonchev–Trinajstić information content (AvgIpc) is 2.74. The predicted molar refractivity (Wildman–Crippen MR) is 108 cm³/mol. The Hall–Kier alpha value is -2.76. The smallest absolute Gasteiger partial charge is 0.305 e. The molecule has 11 nitrogen and oxygen atoms in total. The second kappa shape index (κ2) is 17.0. The highest BCUT2D eigenvalue weighted by atomic mass is 16.6. The van der Waals surface area contributed by atoms with Crippen LogP contribution in [0.5, 0.6) is 5.75 Å². The van der Waals surface area contributed by atoms with Crippen LogP contribution in [-0.2, 0) is 28.5 Å². The number of nitrogens with zero attached hydrogens (tertiary/aromatic N) is 1. The minimum atomic E-state index is -0.871. The van der Waals surface area contributed by atoms with Crippen LogP contribution in [0.4, 0.5) is 5.69 Å². The van der Waals surface area contributed by atoms with Gasteiger partial charge in [-0.3, -0.25) is 19.7 Å². The van der Waals surface area contributed by atoms with E-state index in [2.05, 4.69) is 0 Å². The molecule has 0 amide bonds. The highest BCUT2D eigenvalue weighted by Gasteiger charge is 2.05. The highest BCUT2D eigenvalue weighted by Crippen LogP contribution is 2.17. The van der Waals surface area contributed by atoms with Gasteiger partial charge < -0.3 is 28.8 Å². The summed E-state index contributed by atoms with van der Waals surface area (Å²) < 4.78 is 26.3. The first-order chi connectivity index (χ1) is 15.0. The Morgan fingerprint density at radius 3 is 1.87 bits per heavy atom. The molecule has 0 bridgehead atoms.